The zero-order valence-electron chi connectivity index (χ0n) is 26.6. The van der Waals surface area contributed by atoms with Crippen LogP contribution in [0.1, 0.15) is 47.1 Å². The lowest BCUT2D eigenvalue weighted by molar-refractivity contribution is -0.261. The molecule has 0 bridgehead atoms. The molecule has 0 radical (unpaired) electrons. The number of hydrogen-bond donors (Lipinski definition) is 1. The van der Waals surface area contributed by atoms with Gasteiger partial charge in [0.1, 0.15) is 18.0 Å². The van der Waals surface area contributed by atoms with E-state index in [0.717, 1.165) is 14.0 Å². The fraction of sp³-hybridized carbons (Fsp3) is 0.621. The van der Waals surface area contributed by atoms with E-state index in [1.165, 1.54) is 28.9 Å². The van der Waals surface area contributed by atoms with Gasteiger partial charge in [0.15, 0.2) is 18.3 Å². The number of carbonyl (C=O) groups excluding carboxylic acids is 5. The molecule has 44 heavy (non-hydrogen) atoms. The van der Waals surface area contributed by atoms with E-state index in [4.69, 9.17) is 38.9 Å². The van der Waals surface area contributed by atoms with E-state index in [-0.39, 0.29) is 31.1 Å². The van der Waals surface area contributed by atoms with Crippen molar-refractivity contribution >= 4 is 35.8 Å². The topological polar surface area (TPSA) is 182 Å². The number of amides is 2. The summed E-state index contributed by atoms with van der Waals surface area (Å²) in [6.45, 7) is 9.60. The van der Waals surface area contributed by atoms with Crippen molar-refractivity contribution in [2.75, 3.05) is 40.0 Å². The lowest BCUT2D eigenvalue weighted by Crippen LogP contribution is -2.60. The maximum absolute atomic E-state index is 12.5. The number of benzene rings is 1. The first-order chi connectivity index (χ1) is 20.4. The summed E-state index contributed by atoms with van der Waals surface area (Å²) in [5.41, 5.74) is 6.30. The van der Waals surface area contributed by atoms with Crippen molar-refractivity contribution in [1.29, 1.82) is 0 Å². The lowest BCUT2D eigenvalue weighted by atomic mass is 9.91. The largest absolute Gasteiger partial charge is 0.467 e. The molecule has 1 aromatic rings. The highest BCUT2D eigenvalue weighted by Crippen LogP contribution is 2.34. The van der Waals surface area contributed by atoms with Crippen LogP contribution >= 0.6 is 0 Å². The summed E-state index contributed by atoms with van der Waals surface area (Å²) in [7, 11) is 4.25. The van der Waals surface area contributed by atoms with Gasteiger partial charge in [-0.3, -0.25) is 9.59 Å². The first-order valence-electron chi connectivity index (χ1n) is 13.9. The highest BCUT2D eigenvalue weighted by Gasteiger charge is 2.52. The number of methoxy groups -OCH3 is 1. The molecule has 1 heterocycles. The quantitative estimate of drug-likeness (QED) is 0.228. The number of nitrogens with two attached hydrogens (primary N) is 1. The van der Waals surface area contributed by atoms with Gasteiger partial charge in [-0.2, -0.15) is 0 Å². The molecule has 0 aliphatic carbocycles. The Kier molecular flexibility index (Phi) is 12.6. The van der Waals surface area contributed by atoms with Gasteiger partial charge in [-0.15, -0.1) is 0 Å². The third-order valence-electron chi connectivity index (χ3n) is 6.36. The van der Waals surface area contributed by atoms with Gasteiger partial charge in [-0.25, -0.2) is 14.4 Å². The molecular weight excluding hydrogens is 582 g/mol. The summed E-state index contributed by atoms with van der Waals surface area (Å²) in [5.74, 6) is -2.77. The fourth-order valence-corrected chi connectivity index (χ4v) is 4.10. The highest BCUT2D eigenvalue weighted by atomic mass is 16.7. The summed E-state index contributed by atoms with van der Waals surface area (Å²) in [6, 6.07) is 4.68. The van der Waals surface area contributed by atoms with Gasteiger partial charge >= 0.3 is 30.1 Å². The molecule has 1 aromatic carbocycles. The molecule has 2 amide bonds. The Balaban J connectivity index is 2.05. The normalized spacial score (nSPS) is 21.3. The molecule has 0 aromatic heterocycles. The lowest BCUT2D eigenvalue weighted by Gasteiger charge is -2.42. The first-order valence-corrected chi connectivity index (χ1v) is 13.9. The molecule has 15 heteroatoms. The minimum Gasteiger partial charge on any atom is -0.467 e. The van der Waals surface area contributed by atoms with Crippen LogP contribution in [-0.4, -0.2) is 104 Å². The van der Waals surface area contributed by atoms with E-state index in [9.17, 15) is 24.0 Å². The van der Waals surface area contributed by atoms with Crippen LogP contribution in [0.15, 0.2) is 18.2 Å². The van der Waals surface area contributed by atoms with Crippen molar-refractivity contribution in [3.63, 3.8) is 0 Å². The smallest absolute Gasteiger partial charge is 0.410 e. The number of ether oxygens (including phenoxy) is 7. The third-order valence-corrected chi connectivity index (χ3v) is 6.36. The number of likely N-dealkylation sites (N-methyl/N-ethyl adjacent to an activating group) is 2. The predicted octanol–water partition coefficient (Wildman–Crippen LogP) is 2.48. The van der Waals surface area contributed by atoms with E-state index >= 15 is 0 Å². The maximum atomic E-state index is 12.5. The maximum Gasteiger partial charge on any atom is 0.410 e. The Bertz CT molecular complexity index is 1200. The molecule has 15 nitrogen and oxygen atoms in total. The van der Waals surface area contributed by atoms with E-state index in [0.29, 0.717) is 5.56 Å². The van der Waals surface area contributed by atoms with Crippen LogP contribution in [0.3, 0.4) is 0 Å². The molecular formula is C29H43N3O12. The Hall–Kier alpha value is -4.27. The molecule has 246 valence electrons. The molecule has 5 atom stereocenters. The van der Waals surface area contributed by atoms with Gasteiger partial charge in [0.25, 0.3) is 0 Å². The second kappa shape index (κ2) is 15.5. The first kappa shape index (κ1) is 35.9. The Labute approximate surface area is 256 Å². The van der Waals surface area contributed by atoms with Crippen LogP contribution in [0.2, 0.25) is 0 Å². The van der Waals surface area contributed by atoms with Gasteiger partial charge in [0, 0.05) is 41.0 Å². The van der Waals surface area contributed by atoms with E-state index in [1.807, 2.05) is 0 Å². The second-order valence-electron chi connectivity index (χ2n) is 11.3. The van der Waals surface area contributed by atoms with Crippen LogP contribution in [0.5, 0.6) is 5.75 Å². The van der Waals surface area contributed by atoms with E-state index in [1.54, 1.807) is 47.9 Å². The minimum atomic E-state index is -1.45. The van der Waals surface area contributed by atoms with Crippen molar-refractivity contribution in [3.8, 4) is 5.75 Å². The van der Waals surface area contributed by atoms with E-state index in [2.05, 4.69) is 0 Å². The van der Waals surface area contributed by atoms with Crippen molar-refractivity contribution in [3.05, 3.63) is 23.8 Å². The second-order valence-corrected chi connectivity index (χ2v) is 11.3. The summed E-state index contributed by atoms with van der Waals surface area (Å²) >= 11 is 0. The Morgan fingerprint density at radius 3 is 2.02 bits per heavy atom. The minimum absolute atomic E-state index is 0.102. The molecule has 1 aliphatic rings. The highest BCUT2D eigenvalue weighted by molar-refractivity contribution is 5.77. The molecule has 2 rings (SSSR count). The van der Waals surface area contributed by atoms with Crippen LogP contribution in [-0.2, 0) is 49.4 Å². The number of esters is 3. The van der Waals surface area contributed by atoms with Gasteiger partial charge in [0.05, 0.1) is 18.7 Å². The zero-order chi connectivity index (χ0) is 33.4. The average Bonchev–Trinajstić information content (AvgIpc) is 2.92. The van der Waals surface area contributed by atoms with Gasteiger partial charge in [0.2, 0.25) is 6.29 Å². The van der Waals surface area contributed by atoms with Crippen molar-refractivity contribution in [2.24, 2.45) is 5.92 Å². The molecule has 0 saturated carbocycles. The summed E-state index contributed by atoms with van der Waals surface area (Å²) in [6.07, 6.45) is -6.09. The molecule has 1 fully saturated rings. The monoisotopic (exact) mass is 625 g/mol. The van der Waals surface area contributed by atoms with Crippen molar-refractivity contribution < 1.29 is 57.1 Å². The molecule has 0 spiro atoms. The SMILES string of the molecule is COC(=O)[C@H]1O[C@@H](Oc2ccc(COC(=O)N(C)CCN(C)C(=O)OC(C)(C)C)cc2N)[C@H](C)[C@@H](OC(C)=O)[C@@H]1OC(C)=O. The number of rotatable bonds is 10. The van der Waals surface area contributed by atoms with Gasteiger partial charge < -0.3 is 48.7 Å². The third kappa shape index (κ3) is 10.5. The fourth-order valence-electron chi connectivity index (χ4n) is 4.10. The van der Waals surface area contributed by atoms with Crippen LogP contribution in [0, 0.1) is 5.92 Å². The van der Waals surface area contributed by atoms with Crippen molar-refractivity contribution in [2.45, 2.75) is 78.4 Å². The van der Waals surface area contributed by atoms with Crippen LogP contribution < -0.4 is 10.5 Å². The van der Waals surface area contributed by atoms with E-state index < -0.39 is 66.2 Å². The van der Waals surface area contributed by atoms with Gasteiger partial charge in [-0.05, 0) is 38.5 Å². The van der Waals surface area contributed by atoms with Crippen LogP contribution in [0.4, 0.5) is 15.3 Å². The molecule has 1 aliphatic heterocycles. The van der Waals surface area contributed by atoms with Gasteiger partial charge in [-0.1, -0.05) is 13.0 Å². The number of anilines is 1. The Morgan fingerprint density at radius 1 is 0.932 bits per heavy atom. The molecule has 1 saturated heterocycles. The number of hydrogen-bond acceptors (Lipinski definition) is 13. The summed E-state index contributed by atoms with van der Waals surface area (Å²) in [4.78, 5) is 63.4. The zero-order valence-corrected chi connectivity index (χ0v) is 26.6. The Morgan fingerprint density at radius 2 is 1.50 bits per heavy atom. The summed E-state index contributed by atoms with van der Waals surface area (Å²) in [5, 5.41) is 0. The standard InChI is InChI=1S/C29H43N3O12/c1-16-22(40-17(2)33)23(41-18(3)34)24(25(35)38-9)43-26(16)42-21-11-10-19(14-20(21)30)15-39-27(36)31(7)12-13-32(8)28(37)44-29(4,5)6/h10-11,14,16,22-24,26H,12-13,15,30H2,1-9H3/t16-,22-,23+,24+,26-/m1/s1. The number of carbonyl (C=O) groups is 5. The average molecular weight is 626 g/mol. The predicted molar refractivity (Wildman–Crippen MR) is 154 cm³/mol. The van der Waals surface area contributed by atoms with Crippen LogP contribution in [0.25, 0.3) is 0 Å². The molecule has 2 N–H and O–H groups in total. The summed E-state index contributed by atoms with van der Waals surface area (Å²) < 4.78 is 37.9. The number of nitrogens with zero attached hydrogens (tertiary/aromatic N) is 2. The molecule has 0 unspecified atom stereocenters. The number of nitrogen functional groups attached to an aromatic ring is 1. The van der Waals surface area contributed by atoms with Crippen molar-refractivity contribution in [1.82, 2.24) is 9.80 Å².